The number of rotatable bonds is 4. The van der Waals surface area contributed by atoms with Crippen LogP contribution >= 0.6 is 11.8 Å². The maximum atomic E-state index is 12.1. The Morgan fingerprint density at radius 1 is 1.40 bits per heavy atom. The standard InChI is InChI=1S/C17H22N2O4S2/c1-4-5-16(20)18-17-19(12-8-11(2)6-7-14(12)23-3)13-9-25(21,22)10-15(13)24-17/h6-8,13,15H,4-5,9-10H2,1-3H3/t13-,15+/m1/s1. The summed E-state index contributed by atoms with van der Waals surface area (Å²) in [5.74, 6) is 0.660. The second-order valence-corrected chi connectivity index (χ2v) is 9.74. The van der Waals surface area contributed by atoms with Crippen LogP contribution in [-0.2, 0) is 14.6 Å². The van der Waals surface area contributed by atoms with Crippen LogP contribution in [0.4, 0.5) is 5.69 Å². The molecular weight excluding hydrogens is 360 g/mol. The lowest BCUT2D eigenvalue weighted by atomic mass is 10.1. The van der Waals surface area contributed by atoms with Crippen LogP contribution in [0.2, 0.25) is 0 Å². The fraction of sp³-hybridized carbons (Fsp3) is 0.529. The SMILES string of the molecule is CCCC(=O)N=C1S[C@H]2CS(=O)(=O)C[C@H]2N1c1cc(C)ccc1OC. The number of sulfone groups is 1. The van der Waals surface area contributed by atoms with E-state index >= 15 is 0 Å². The molecule has 2 aliphatic rings. The van der Waals surface area contributed by atoms with Crippen LogP contribution in [0.1, 0.15) is 25.3 Å². The first-order chi connectivity index (χ1) is 11.8. The summed E-state index contributed by atoms with van der Waals surface area (Å²) in [5.41, 5.74) is 1.80. The molecule has 2 atom stereocenters. The number of benzene rings is 1. The van der Waals surface area contributed by atoms with Gasteiger partial charge in [0.05, 0.1) is 30.3 Å². The van der Waals surface area contributed by atoms with Gasteiger partial charge in [-0.05, 0) is 31.0 Å². The molecule has 0 aliphatic carbocycles. The van der Waals surface area contributed by atoms with Crippen molar-refractivity contribution in [3.63, 3.8) is 0 Å². The van der Waals surface area contributed by atoms with E-state index in [4.69, 9.17) is 4.74 Å². The van der Waals surface area contributed by atoms with Gasteiger partial charge < -0.3 is 9.64 Å². The van der Waals surface area contributed by atoms with Crippen LogP contribution in [-0.4, -0.2) is 49.4 Å². The Morgan fingerprint density at radius 3 is 2.84 bits per heavy atom. The summed E-state index contributed by atoms with van der Waals surface area (Å²) in [5, 5.41) is 0.468. The zero-order valence-electron chi connectivity index (χ0n) is 14.6. The van der Waals surface area contributed by atoms with E-state index in [2.05, 4.69) is 4.99 Å². The van der Waals surface area contributed by atoms with Gasteiger partial charge in [0.2, 0.25) is 5.91 Å². The number of ether oxygens (including phenoxy) is 1. The van der Waals surface area contributed by atoms with E-state index in [1.165, 1.54) is 11.8 Å². The molecule has 2 aliphatic heterocycles. The first-order valence-electron chi connectivity index (χ1n) is 8.27. The zero-order chi connectivity index (χ0) is 18.2. The molecule has 0 unspecified atom stereocenters. The van der Waals surface area contributed by atoms with Gasteiger partial charge in [-0.3, -0.25) is 4.79 Å². The molecule has 0 saturated carbocycles. The summed E-state index contributed by atoms with van der Waals surface area (Å²) < 4.78 is 29.7. The van der Waals surface area contributed by atoms with Crippen molar-refractivity contribution in [3.8, 4) is 5.75 Å². The Balaban J connectivity index is 2.07. The molecular formula is C17H22N2O4S2. The quantitative estimate of drug-likeness (QED) is 0.796. The van der Waals surface area contributed by atoms with Gasteiger partial charge in [0.25, 0.3) is 0 Å². The summed E-state index contributed by atoms with van der Waals surface area (Å²) in [6.07, 6.45) is 1.12. The Morgan fingerprint density at radius 2 is 2.16 bits per heavy atom. The highest BCUT2D eigenvalue weighted by atomic mass is 32.2. The number of aliphatic imine (C=N–C) groups is 1. The third-order valence-electron chi connectivity index (χ3n) is 4.34. The molecule has 1 amide bonds. The van der Waals surface area contributed by atoms with Crippen LogP contribution in [0.5, 0.6) is 5.75 Å². The minimum atomic E-state index is -3.08. The normalized spacial score (nSPS) is 26.0. The topological polar surface area (TPSA) is 76.0 Å². The van der Waals surface area contributed by atoms with E-state index in [1.807, 2.05) is 36.9 Å². The first kappa shape index (κ1) is 18.3. The third kappa shape index (κ3) is 3.69. The number of carbonyl (C=O) groups excluding carboxylic acids is 1. The predicted octanol–water partition coefficient (Wildman–Crippen LogP) is 2.41. The van der Waals surface area contributed by atoms with Crippen molar-refractivity contribution >= 4 is 38.4 Å². The summed E-state index contributed by atoms with van der Waals surface area (Å²) in [6, 6.07) is 5.52. The molecule has 1 aromatic rings. The highest BCUT2D eigenvalue weighted by molar-refractivity contribution is 8.16. The molecule has 0 N–H and O–H groups in total. The van der Waals surface area contributed by atoms with Crippen LogP contribution in [0.15, 0.2) is 23.2 Å². The number of hydrogen-bond acceptors (Lipinski definition) is 5. The molecule has 2 saturated heterocycles. The number of thioether (sulfide) groups is 1. The number of nitrogens with zero attached hydrogens (tertiary/aromatic N) is 2. The summed E-state index contributed by atoms with van der Waals surface area (Å²) in [7, 11) is -1.50. The molecule has 2 heterocycles. The van der Waals surface area contributed by atoms with Crippen LogP contribution in [0.3, 0.4) is 0 Å². The second-order valence-electron chi connectivity index (χ2n) is 6.38. The number of amides is 1. The van der Waals surface area contributed by atoms with Gasteiger partial charge in [-0.2, -0.15) is 4.99 Å². The number of hydrogen-bond donors (Lipinski definition) is 0. The Labute approximate surface area is 152 Å². The minimum absolute atomic E-state index is 0.0722. The number of methoxy groups -OCH3 is 1. The summed E-state index contributed by atoms with van der Waals surface area (Å²) in [6.45, 7) is 3.90. The lowest BCUT2D eigenvalue weighted by Gasteiger charge is -2.26. The van der Waals surface area contributed by atoms with Crippen LogP contribution in [0, 0.1) is 6.92 Å². The van der Waals surface area contributed by atoms with Crippen LogP contribution in [0.25, 0.3) is 0 Å². The maximum absolute atomic E-state index is 12.1. The smallest absolute Gasteiger partial charge is 0.248 e. The molecule has 8 heteroatoms. The van der Waals surface area contributed by atoms with Crippen molar-refractivity contribution in [1.29, 1.82) is 0 Å². The fourth-order valence-corrected chi connectivity index (χ4v) is 7.14. The third-order valence-corrected chi connectivity index (χ3v) is 7.55. The van der Waals surface area contributed by atoms with Crippen molar-refractivity contribution in [3.05, 3.63) is 23.8 Å². The molecule has 0 spiro atoms. The van der Waals surface area contributed by atoms with Crippen LogP contribution < -0.4 is 9.64 Å². The van der Waals surface area contributed by atoms with E-state index in [0.717, 1.165) is 17.7 Å². The molecule has 2 fully saturated rings. The van der Waals surface area contributed by atoms with Crippen molar-refractivity contribution in [2.45, 2.75) is 38.0 Å². The van der Waals surface area contributed by atoms with Gasteiger partial charge in [-0.25, -0.2) is 8.42 Å². The van der Waals surface area contributed by atoms with Gasteiger partial charge in [-0.15, -0.1) is 0 Å². The summed E-state index contributed by atoms with van der Waals surface area (Å²) >= 11 is 1.39. The van der Waals surface area contributed by atoms with E-state index in [0.29, 0.717) is 17.3 Å². The van der Waals surface area contributed by atoms with E-state index < -0.39 is 9.84 Å². The van der Waals surface area contributed by atoms with Crippen molar-refractivity contribution in [2.24, 2.45) is 4.99 Å². The Hall–Kier alpha value is -1.54. The monoisotopic (exact) mass is 382 g/mol. The highest BCUT2D eigenvalue weighted by Gasteiger charge is 2.50. The molecule has 3 rings (SSSR count). The molecule has 1 aromatic carbocycles. The van der Waals surface area contributed by atoms with Gasteiger partial charge in [0, 0.05) is 11.7 Å². The molecule has 0 aromatic heterocycles. The minimum Gasteiger partial charge on any atom is -0.495 e. The largest absolute Gasteiger partial charge is 0.495 e. The lowest BCUT2D eigenvalue weighted by Crippen LogP contribution is -2.38. The average molecular weight is 383 g/mol. The van der Waals surface area contributed by atoms with E-state index in [1.54, 1.807) is 7.11 Å². The van der Waals surface area contributed by atoms with Crippen molar-refractivity contribution in [2.75, 3.05) is 23.5 Å². The van der Waals surface area contributed by atoms with Gasteiger partial charge in [0.15, 0.2) is 15.0 Å². The molecule has 136 valence electrons. The second kappa shape index (κ2) is 6.99. The van der Waals surface area contributed by atoms with Crippen molar-refractivity contribution in [1.82, 2.24) is 0 Å². The van der Waals surface area contributed by atoms with E-state index in [9.17, 15) is 13.2 Å². The number of amidine groups is 1. The van der Waals surface area contributed by atoms with Gasteiger partial charge >= 0.3 is 0 Å². The number of fused-ring (bicyclic) bond motifs is 1. The summed E-state index contributed by atoms with van der Waals surface area (Å²) in [4.78, 5) is 18.2. The van der Waals surface area contributed by atoms with Gasteiger partial charge in [0.1, 0.15) is 5.75 Å². The molecule has 0 bridgehead atoms. The average Bonchev–Trinajstić information content (AvgIpc) is 2.98. The van der Waals surface area contributed by atoms with E-state index in [-0.39, 0.29) is 28.7 Å². The van der Waals surface area contributed by atoms with Gasteiger partial charge in [-0.1, -0.05) is 24.8 Å². The number of anilines is 1. The molecule has 6 nitrogen and oxygen atoms in total. The Bertz CT molecular complexity index is 820. The Kier molecular flexibility index (Phi) is 5.11. The lowest BCUT2D eigenvalue weighted by molar-refractivity contribution is -0.117. The molecule has 0 radical (unpaired) electrons. The highest BCUT2D eigenvalue weighted by Crippen LogP contribution is 2.44. The first-order valence-corrected chi connectivity index (χ1v) is 11.0. The number of aryl methyl sites for hydroxylation is 1. The fourth-order valence-electron chi connectivity index (χ4n) is 3.21. The zero-order valence-corrected chi connectivity index (χ0v) is 16.2. The van der Waals surface area contributed by atoms with Crippen molar-refractivity contribution < 1.29 is 17.9 Å². The molecule has 25 heavy (non-hydrogen) atoms. The predicted molar refractivity (Wildman–Crippen MR) is 101 cm³/mol. The number of carbonyl (C=O) groups is 1. The maximum Gasteiger partial charge on any atom is 0.248 e.